The molecule has 13 heteroatoms. The molecule has 0 saturated heterocycles. The Morgan fingerprint density at radius 1 is 1.00 bits per heavy atom. The van der Waals surface area contributed by atoms with Gasteiger partial charge in [0.05, 0.1) is 32.3 Å². The number of benzene rings is 2. The van der Waals surface area contributed by atoms with Crippen LogP contribution in [0.4, 0.5) is 5.69 Å². The molecular weight excluding hydrogens is 512 g/mol. The molecule has 0 saturated carbocycles. The van der Waals surface area contributed by atoms with E-state index < -0.39 is 11.2 Å². The van der Waals surface area contributed by atoms with Crippen LogP contribution in [0.1, 0.15) is 18.4 Å². The third-order valence-corrected chi connectivity index (χ3v) is 6.21. The lowest BCUT2D eigenvalue weighted by atomic mass is 10.2. The number of methoxy groups -OCH3 is 2. The second-order valence-corrected chi connectivity index (χ2v) is 8.80. The van der Waals surface area contributed by atoms with Gasteiger partial charge in [-0.2, -0.15) is 0 Å². The van der Waals surface area contributed by atoms with Crippen LogP contribution in [0, 0.1) is 0 Å². The van der Waals surface area contributed by atoms with E-state index in [2.05, 4.69) is 25.5 Å². The van der Waals surface area contributed by atoms with Crippen molar-refractivity contribution in [2.45, 2.75) is 18.5 Å². The van der Waals surface area contributed by atoms with Crippen molar-refractivity contribution in [2.75, 3.05) is 31.9 Å². The SMILES string of the molecule is CCOc1ccc(-n2c(Cc3cc(=O)[nH]c(=O)[nH]3)nnc2SCC(=O)Nc2cc(OC)ccc2OC)cc1. The average Bonchev–Trinajstić information content (AvgIpc) is 3.29. The Hall–Kier alpha value is -4.52. The number of anilines is 1. The summed E-state index contributed by atoms with van der Waals surface area (Å²) in [5.74, 6) is 1.97. The molecule has 3 N–H and O–H groups in total. The first-order valence-electron chi connectivity index (χ1n) is 11.5. The van der Waals surface area contributed by atoms with Gasteiger partial charge in [-0.15, -0.1) is 10.2 Å². The van der Waals surface area contributed by atoms with E-state index in [4.69, 9.17) is 14.2 Å². The number of hydrogen-bond acceptors (Lipinski definition) is 9. The molecule has 4 aromatic rings. The molecule has 0 radical (unpaired) electrons. The minimum atomic E-state index is -0.612. The lowest BCUT2D eigenvalue weighted by Crippen LogP contribution is -2.23. The van der Waals surface area contributed by atoms with Gasteiger partial charge in [0.25, 0.3) is 5.56 Å². The minimum absolute atomic E-state index is 0.0252. The molecule has 12 nitrogen and oxygen atoms in total. The van der Waals surface area contributed by atoms with Crippen molar-refractivity contribution in [1.82, 2.24) is 24.7 Å². The Balaban J connectivity index is 1.59. The first-order valence-corrected chi connectivity index (χ1v) is 12.5. The van der Waals surface area contributed by atoms with Crippen LogP contribution in [0.3, 0.4) is 0 Å². The Bertz CT molecular complexity index is 1500. The van der Waals surface area contributed by atoms with Gasteiger partial charge in [-0.05, 0) is 43.3 Å². The first-order chi connectivity index (χ1) is 18.4. The zero-order valence-corrected chi connectivity index (χ0v) is 21.8. The number of thioether (sulfide) groups is 1. The maximum absolute atomic E-state index is 12.8. The van der Waals surface area contributed by atoms with Crippen molar-refractivity contribution >= 4 is 23.4 Å². The van der Waals surface area contributed by atoms with Crippen LogP contribution < -0.4 is 30.8 Å². The van der Waals surface area contributed by atoms with Crippen molar-refractivity contribution < 1.29 is 19.0 Å². The van der Waals surface area contributed by atoms with Crippen LogP contribution in [-0.2, 0) is 11.2 Å². The summed E-state index contributed by atoms with van der Waals surface area (Å²) in [5.41, 5.74) is 0.439. The number of nitrogens with zero attached hydrogens (tertiary/aromatic N) is 3. The molecule has 0 spiro atoms. The van der Waals surface area contributed by atoms with E-state index in [0.717, 1.165) is 5.69 Å². The summed E-state index contributed by atoms with van der Waals surface area (Å²) in [6.07, 6.45) is 0.132. The van der Waals surface area contributed by atoms with Crippen molar-refractivity contribution in [3.05, 3.63) is 80.9 Å². The monoisotopic (exact) mass is 538 g/mol. The highest BCUT2D eigenvalue weighted by Gasteiger charge is 2.18. The lowest BCUT2D eigenvalue weighted by Gasteiger charge is -2.13. The molecule has 0 aliphatic rings. The number of aromatic nitrogens is 5. The molecule has 1 amide bonds. The molecule has 4 rings (SSSR count). The molecule has 2 heterocycles. The maximum atomic E-state index is 12.8. The third kappa shape index (κ3) is 6.42. The summed E-state index contributed by atoms with van der Waals surface area (Å²) in [6.45, 7) is 2.43. The van der Waals surface area contributed by atoms with Crippen LogP contribution in [0.2, 0.25) is 0 Å². The van der Waals surface area contributed by atoms with E-state index in [0.29, 0.717) is 46.2 Å². The number of carbonyl (C=O) groups is 1. The zero-order chi connectivity index (χ0) is 27.1. The lowest BCUT2D eigenvalue weighted by molar-refractivity contribution is -0.113. The van der Waals surface area contributed by atoms with Crippen LogP contribution in [0.25, 0.3) is 5.69 Å². The topological polar surface area (TPSA) is 153 Å². The summed E-state index contributed by atoms with van der Waals surface area (Å²) in [6, 6.07) is 13.7. The zero-order valence-electron chi connectivity index (χ0n) is 20.9. The van der Waals surface area contributed by atoms with E-state index >= 15 is 0 Å². The fourth-order valence-corrected chi connectivity index (χ4v) is 4.41. The van der Waals surface area contributed by atoms with E-state index in [9.17, 15) is 14.4 Å². The quantitative estimate of drug-likeness (QED) is 0.244. The summed E-state index contributed by atoms with van der Waals surface area (Å²) >= 11 is 1.18. The van der Waals surface area contributed by atoms with Crippen molar-refractivity contribution in [1.29, 1.82) is 0 Å². The number of ether oxygens (including phenoxy) is 3. The highest BCUT2D eigenvalue weighted by Crippen LogP contribution is 2.30. The molecule has 2 aromatic heterocycles. The second-order valence-electron chi connectivity index (χ2n) is 7.85. The Labute approximate surface area is 221 Å². The molecule has 0 aliphatic heterocycles. The van der Waals surface area contributed by atoms with Gasteiger partial charge in [-0.1, -0.05) is 11.8 Å². The van der Waals surface area contributed by atoms with Crippen LogP contribution in [0.5, 0.6) is 17.2 Å². The highest BCUT2D eigenvalue weighted by atomic mass is 32.2. The van der Waals surface area contributed by atoms with Gasteiger partial charge in [0.15, 0.2) is 5.16 Å². The molecule has 198 valence electrons. The molecule has 0 aliphatic carbocycles. The number of carbonyl (C=O) groups excluding carboxylic acids is 1. The first kappa shape index (κ1) is 26.5. The number of rotatable bonds is 11. The van der Waals surface area contributed by atoms with Gasteiger partial charge < -0.3 is 24.5 Å². The molecule has 38 heavy (non-hydrogen) atoms. The third-order valence-electron chi connectivity index (χ3n) is 5.28. The predicted octanol–water partition coefficient (Wildman–Crippen LogP) is 2.38. The highest BCUT2D eigenvalue weighted by molar-refractivity contribution is 7.99. The van der Waals surface area contributed by atoms with Crippen LogP contribution in [0.15, 0.2) is 63.3 Å². The van der Waals surface area contributed by atoms with Gasteiger partial charge in [0.1, 0.15) is 23.1 Å². The standard InChI is InChI=1S/C25H26N6O6S/c1-4-37-17-7-5-16(6-8-17)31-21(11-15-12-22(32)28-24(34)26-15)29-30-25(31)38-14-23(33)27-19-13-18(35-2)9-10-20(19)36-3/h5-10,12-13H,4,11,14H2,1-3H3,(H,27,33)(H2,26,28,32,34). The van der Waals surface area contributed by atoms with Gasteiger partial charge in [0, 0.05) is 29.9 Å². The molecule has 0 atom stereocenters. The predicted molar refractivity (Wildman–Crippen MR) is 142 cm³/mol. The number of H-pyrrole nitrogens is 2. The van der Waals surface area contributed by atoms with Gasteiger partial charge >= 0.3 is 5.69 Å². The van der Waals surface area contributed by atoms with Gasteiger partial charge in [-0.3, -0.25) is 19.1 Å². The Kier molecular flexibility index (Phi) is 8.48. The maximum Gasteiger partial charge on any atom is 0.325 e. The number of aromatic amines is 2. The summed E-state index contributed by atoms with van der Waals surface area (Å²) in [4.78, 5) is 41.1. The van der Waals surface area contributed by atoms with Crippen LogP contribution in [-0.4, -0.2) is 57.2 Å². The smallest absolute Gasteiger partial charge is 0.325 e. The molecule has 0 unspecified atom stereocenters. The summed E-state index contributed by atoms with van der Waals surface area (Å²) in [7, 11) is 3.05. The molecule has 2 aromatic carbocycles. The van der Waals surface area contributed by atoms with Crippen molar-refractivity contribution in [2.24, 2.45) is 0 Å². The summed E-state index contributed by atoms with van der Waals surface area (Å²) < 4.78 is 17.9. The number of amides is 1. The second kappa shape index (κ2) is 12.1. The largest absolute Gasteiger partial charge is 0.497 e. The van der Waals surface area contributed by atoms with Crippen molar-refractivity contribution in [3.8, 4) is 22.9 Å². The van der Waals surface area contributed by atoms with Gasteiger partial charge in [0.2, 0.25) is 5.91 Å². The minimum Gasteiger partial charge on any atom is -0.497 e. The van der Waals surface area contributed by atoms with Crippen LogP contribution >= 0.6 is 11.8 Å². The fraction of sp³-hybridized carbons (Fsp3) is 0.240. The Morgan fingerprint density at radius 3 is 2.45 bits per heavy atom. The number of hydrogen-bond donors (Lipinski definition) is 3. The van der Waals surface area contributed by atoms with Gasteiger partial charge in [-0.25, -0.2) is 4.79 Å². The van der Waals surface area contributed by atoms with Crippen molar-refractivity contribution in [3.63, 3.8) is 0 Å². The normalized spacial score (nSPS) is 10.7. The van der Waals surface area contributed by atoms with E-state index in [-0.39, 0.29) is 18.1 Å². The van der Waals surface area contributed by atoms with E-state index in [1.807, 2.05) is 31.2 Å². The molecular formula is C25H26N6O6S. The van der Waals surface area contributed by atoms with E-state index in [1.165, 1.54) is 32.0 Å². The van der Waals surface area contributed by atoms with E-state index in [1.54, 1.807) is 22.8 Å². The molecule has 0 bridgehead atoms. The average molecular weight is 539 g/mol. The molecule has 0 fully saturated rings. The summed E-state index contributed by atoms with van der Waals surface area (Å²) in [5, 5.41) is 11.8. The fourth-order valence-electron chi connectivity index (χ4n) is 3.64. The Morgan fingerprint density at radius 2 is 1.76 bits per heavy atom. The number of nitrogens with one attached hydrogen (secondary N) is 3.